The van der Waals surface area contributed by atoms with Crippen molar-refractivity contribution in [2.45, 2.75) is 32.6 Å². The lowest BCUT2D eigenvalue weighted by Gasteiger charge is -2.26. The van der Waals surface area contributed by atoms with Gasteiger partial charge in [-0.25, -0.2) is 12.7 Å². The molecule has 2 aliphatic rings. The standard InChI is InChI=1S/C12H22N2O3S/c1-3-13-9-6-12(11(13)15)5-4-8-14(10-7-12)18(2,16)17/h3-10H2,1-2H3/t12-/m0/s1. The Morgan fingerprint density at radius 3 is 2.39 bits per heavy atom. The van der Waals surface area contributed by atoms with Crippen LogP contribution < -0.4 is 0 Å². The van der Waals surface area contributed by atoms with Gasteiger partial charge in [0, 0.05) is 26.2 Å². The van der Waals surface area contributed by atoms with Crippen LogP contribution in [0.3, 0.4) is 0 Å². The fourth-order valence-electron chi connectivity index (χ4n) is 3.16. The van der Waals surface area contributed by atoms with E-state index < -0.39 is 10.0 Å². The van der Waals surface area contributed by atoms with Gasteiger partial charge < -0.3 is 4.90 Å². The summed E-state index contributed by atoms with van der Waals surface area (Å²) in [5.74, 6) is 0.236. The molecule has 2 heterocycles. The van der Waals surface area contributed by atoms with Crippen molar-refractivity contribution in [3.05, 3.63) is 0 Å². The molecule has 2 aliphatic heterocycles. The highest BCUT2D eigenvalue weighted by Crippen LogP contribution is 2.41. The van der Waals surface area contributed by atoms with Crippen LogP contribution in [0, 0.1) is 5.41 Å². The van der Waals surface area contributed by atoms with Gasteiger partial charge in [-0.2, -0.15) is 0 Å². The van der Waals surface area contributed by atoms with Crippen LogP contribution in [0.25, 0.3) is 0 Å². The second kappa shape index (κ2) is 4.81. The highest BCUT2D eigenvalue weighted by Gasteiger charge is 2.46. The van der Waals surface area contributed by atoms with Crippen LogP contribution in [-0.4, -0.2) is 56.0 Å². The maximum Gasteiger partial charge on any atom is 0.228 e. The first kappa shape index (κ1) is 13.8. The van der Waals surface area contributed by atoms with E-state index in [4.69, 9.17) is 0 Å². The van der Waals surface area contributed by atoms with E-state index in [1.807, 2.05) is 11.8 Å². The number of carbonyl (C=O) groups is 1. The van der Waals surface area contributed by atoms with Crippen molar-refractivity contribution in [1.82, 2.24) is 9.21 Å². The average Bonchev–Trinajstić information content (AvgIpc) is 2.50. The third-order valence-electron chi connectivity index (χ3n) is 4.35. The van der Waals surface area contributed by atoms with Gasteiger partial charge in [0.2, 0.25) is 15.9 Å². The van der Waals surface area contributed by atoms with Gasteiger partial charge in [0.15, 0.2) is 0 Å². The van der Waals surface area contributed by atoms with E-state index in [0.29, 0.717) is 19.5 Å². The first-order valence-corrected chi connectivity index (χ1v) is 8.48. The Morgan fingerprint density at radius 2 is 1.83 bits per heavy atom. The van der Waals surface area contributed by atoms with Gasteiger partial charge >= 0.3 is 0 Å². The first-order chi connectivity index (χ1) is 8.39. The van der Waals surface area contributed by atoms with Gasteiger partial charge in [-0.05, 0) is 32.6 Å². The van der Waals surface area contributed by atoms with Crippen molar-refractivity contribution < 1.29 is 13.2 Å². The number of carbonyl (C=O) groups excluding carboxylic acids is 1. The van der Waals surface area contributed by atoms with Crippen LogP contribution >= 0.6 is 0 Å². The van der Waals surface area contributed by atoms with E-state index in [2.05, 4.69) is 0 Å². The minimum absolute atomic E-state index is 0.236. The van der Waals surface area contributed by atoms with Crippen molar-refractivity contribution in [2.75, 3.05) is 32.4 Å². The van der Waals surface area contributed by atoms with E-state index in [1.54, 1.807) is 0 Å². The zero-order valence-electron chi connectivity index (χ0n) is 11.2. The minimum Gasteiger partial charge on any atom is -0.342 e. The van der Waals surface area contributed by atoms with Crippen molar-refractivity contribution in [1.29, 1.82) is 0 Å². The molecule has 0 aromatic heterocycles. The number of hydrogen-bond donors (Lipinski definition) is 0. The third-order valence-corrected chi connectivity index (χ3v) is 5.66. The van der Waals surface area contributed by atoms with E-state index in [0.717, 1.165) is 32.4 Å². The summed E-state index contributed by atoms with van der Waals surface area (Å²) >= 11 is 0. The fourth-order valence-corrected chi connectivity index (χ4v) is 4.04. The number of nitrogens with zero attached hydrogens (tertiary/aromatic N) is 2. The molecule has 0 radical (unpaired) electrons. The molecule has 5 nitrogen and oxygen atoms in total. The molecule has 6 heteroatoms. The molecule has 1 atom stereocenters. The Balaban J connectivity index is 2.12. The second-order valence-electron chi connectivity index (χ2n) is 5.43. The molecule has 1 spiro atoms. The molecule has 0 N–H and O–H groups in total. The summed E-state index contributed by atoms with van der Waals surface area (Å²) in [5, 5.41) is 0. The van der Waals surface area contributed by atoms with E-state index in [1.165, 1.54) is 10.6 Å². The molecule has 104 valence electrons. The Hall–Kier alpha value is -0.620. The van der Waals surface area contributed by atoms with Crippen molar-refractivity contribution in [3.8, 4) is 0 Å². The molecule has 0 aliphatic carbocycles. The highest BCUT2D eigenvalue weighted by molar-refractivity contribution is 7.88. The molecule has 2 fully saturated rings. The molecule has 0 aromatic rings. The molecule has 0 saturated carbocycles. The molecule has 1 amide bonds. The maximum atomic E-state index is 12.4. The Labute approximate surface area is 109 Å². The second-order valence-corrected chi connectivity index (χ2v) is 7.41. The molecule has 0 unspecified atom stereocenters. The van der Waals surface area contributed by atoms with E-state index >= 15 is 0 Å². The van der Waals surface area contributed by atoms with Crippen LogP contribution in [-0.2, 0) is 14.8 Å². The van der Waals surface area contributed by atoms with Gasteiger partial charge in [0.25, 0.3) is 0 Å². The van der Waals surface area contributed by atoms with Gasteiger partial charge in [-0.1, -0.05) is 0 Å². The van der Waals surface area contributed by atoms with Gasteiger partial charge in [0.05, 0.1) is 11.7 Å². The zero-order valence-corrected chi connectivity index (χ0v) is 12.0. The minimum atomic E-state index is -3.12. The predicted molar refractivity (Wildman–Crippen MR) is 69.6 cm³/mol. The Bertz CT molecular complexity index is 435. The van der Waals surface area contributed by atoms with Crippen LogP contribution in [0.15, 0.2) is 0 Å². The smallest absolute Gasteiger partial charge is 0.228 e. The SMILES string of the molecule is CCN1CC[C@]2(CCCN(S(C)(=O)=O)CC2)C1=O. The van der Waals surface area contributed by atoms with Gasteiger partial charge in [-0.15, -0.1) is 0 Å². The van der Waals surface area contributed by atoms with Crippen molar-refractivity contribution >= 4 is 15.9 Å². The lowest BCUT2D eigenvalue weighted by Crippen LogP contribution is -2.36. The van der Waals surface area contributed by atoms with Crippen LogP contribution in [0.2, 0.25) is 0 Å². The maximum absolute atomic E-state index is 12.4. The van der Waals surface area contributed by atoms with E-state index in [-0.39, 0.29) is 11.3 Å². The number of sulfonamides is 1. The summed E-state index contributed by atoms with van der Waals surface area (Å²) in [7, 11) is -3.12. The van der Waals surface area contributed by atoms with Crippen LogP contribution in [0.1, 0.15) is 32.6 Å². The zero-order chi connectivity index (χ0) is 13.4. The van der Waals surface area contributed by atoms with Crippen molar-refractivity contribution in [3.63, 3.8) is 0 Å². The normalized spacial score (nSPS) is 31.0. The summed E-state index contributed by atoms with van der Waals surface area (Å²) < 4.78 is 24.7. The summed E-state index contributed by atoms with van der Waals surface area (Å²) in [6.45, 7) is 4.63. The largest absolute Gasteiger partial charge is 0.342 e. The van der Waals surface area contributed by atoms with Crippen molar-refractivity contribution in [2.24, 2.45) is 5.41 Å². The topological polar surface area (TPSA) is 57.7 Å². The number of rotatable bonds is 2. The monoisotopic (exact) mass is 274 g/mol. The van der Waals surface area contributed by atoms with Crippen LogP contribution in [0.5, 0.6) is 0 Å². The van der Waals surface area contributed by atoms with Crippen LogP contribution in [0.4, 0.5) is 0 Å². The summed E-state index contributed by atoms with van der Waals surface area (Å²) in [6.07, 6.45) is 4.43. The Kier molecular flexibility index (Phi) is 3.69. The molecular formula is C12H22N2O3S. The predicted octanol–water partition coefficient (Wildman–Crippen LogP) is 0.671. The lowest BCUT2D eigenvalue weighted by molar-refractivity contribution is -0.136. The van der Waals surface area contributed by atoms with Gasteiger partial charge in [-0.3, -0.25) is 4.79 Å². The van der Waals surface area contributed by atoms with E-state index in [9.17, 15) is 13.2 Å². The number of amides is 1. The fraction of sp³-hybridized carbons (Fsp3) is 0.917. The van der Waals surface area contributed by atoms with Gasteiger partial charge in [0.1, 0.15) is 0 Å². The lowest BCUT2D eigenvalue weighted by atomic mass is 9.79. The summed E-state index contributed by atoms with van der Waals surface area (Å²) in [6, 6.07) is 0. The molecule has 2 saturated heterocycles. The highest BCUT2D eigenvalue weighted by atomic mass is 32.2. The summed E-state index contributed by atoms with van der Waals surface area (Å²) in [5.41, 5.74) is -0.282. The molecular weight excluding hydrogens is 252 g/mol. The Morgan fingerprint density at radius 1 is 1.17 bits per heavy atom. The average molecular weight is 274 g/mol. The molecule has 2 rings (SSSR count). The molecule has 0 bridgehead atoms. The quantitative estimate of drug-likeness (QED) is 0.743. The molecule has 0 aromatic carbocycles. The summed E-state index contributed by atoms with van der Waals surface area (Å²) in [4.78, 5) is 14.3. The number of likely N-dealkylation sites (tertiary alicyclic amines) is 1. The molecule has 18 heavy (non-hydrogen) atoms. The number of hydrogen-bond acceptors (Lipinski definition) is 3. The third kappa shape index (κ3) is 2.40. The first-order valence-electron chi connectivity index (χ1n) is 6.63.